The molecule has 1 saturated carbocycles. The number of H-pyrrole nitrogens is 1. The Bertz CT molecular complexity index is 1390. The molecule has 1 aliphatic carbocycles. The molecule has 2 fully saturated rings. The first-order chi connectivity index (χ1) is 16.7. The van der Waals surface area contributed by atoms with Crippen molar-refractivity contribution in [3.8, 4) is 6.07 Å². The largest absolute Gasteiger partial charge is 0.433 e. The highest BCUT2D eigenvalue weighted by molar-refractivity contribution is 5.80. The van der Waals surface area contributed by atoms with Gasteiger partial charge in [-0.3, -0.25) is 14.6 Å². The maximum atomic E-state index is 13.0. The van der Waals surface area contributed by atoms with Gasteiger partial charge in [-0.1, -0.05) is 6.07 Å². The molecule has 0 radical (unpaired) electrons. The smallest absolute Gasteiger partial charge is 0.370 e. The number of hydrogen-bond acceptors (Lipinski definition) is 7. The van der Waals surface area contributed by atoms with Crippen LogP contribution in [-0.4, -0.2) is 61.3 Å². The second-order valence-corrected chi connectivity index (χ2v) is 8.60. The van der Waals surface area contributed by atoms with Crippen LogP contribution in [-0.2, 0) is 15.7 Å². The van der Waals surface area contributed by atoms with Gasteiger partial charge in [-0.25, -0.2) is 9.67 Å². The summed E-state index contributed by atoms with van der Waals surface area (Å²) in [5.41, 5.74) is -1.16. The van der Waals surface area contributed by atoms with Crippen LogP contribution in [0.5, 0.6) is 0 Å². The van der Waals surface area contributed by atoms with Gasteiger partial charge in [0.25, 0.3) is 5.56 Å². The number of aromatic nitrogens is 5. The van der Waals surface area contributed by atoms with Gasteiger partial charge >= 0.3 is 6.18 Å². The Labute approximate surface area is 196 Å². The lowest BCUT2D eigenvalue weighted by atomic mass is 9.77. The van der Waals surface area contributed by atoms with Gasteiger partial charge < -0.3 is 14.6 Å². The van der Waals surface area contributed by atoms with Crippen molar-refractivity contribution in [1.29, 1.82) is 5.26 Å². The molecule has 3 aromatic heterocycles. The number of carbonyl (C=O) groups excluding carboxylic acids is 1. The number of nitrogens with zero attached hydrogens (tertiary/aromatic N) is 6. The molecule has 0 aromatic carbocycles. The maximum Gasteiger partial charge on any atom is 0.433 e. The van der Waals surface area contributed by atoms with E-state index in [1.807, 2.05) is 6.07 Å². The van der Waals surface area contributed by atoms with E-state index < -0.39 is 23.5 Å². The molecule has 1 N–H and O–H groups in total. The molecule has 4 heterocycles. The zero-order valence-corrected chi connectivity index (χ0v) is 18.5. The highest BCUT2D eigenvalue weighted by Gasteiger charge is 2.41. The second kappa shape index (κ2) is 8.46. The normalized spacial score (nSPS) is 21.6. The van der Waals surface area contributed by atoms with E-state index in [0.717, 1.165) is 18.7 Å². The third kappa shape index (κ3) is 3.93. The number of amides is 1. The van der Waals surface area contributed by atoms with E-state index in [0.29, 0.717) is 31.0 Å². The summed E-state index contributed by atoms with van der Waals surface area (Å²) in [6.07, 6.45) is -2.01. The summed E-state index contributed by atoms with van der Waals surface area (Å²) in [6.45, 7) is 2.58. The van der Waals surface area contributed by atoms with Crippen molar-refractivity contribution < 1.29 is 22.7 Å². The number of pyridine rings is 1. The number of alkyl halides is 3. The first kappa shape index (κ1) is 23.0. The number of nitrogens with one attached hydrogen (secondary N) is 1. The lowest BCUT2D eigenvalue weighted by molar-refractivity contribution is -0.148. The van der Waals surface area contributed by atoms with E-state index >= 15 is 0 Å². The molecule has 3 aromatic rings. The minimum atomic E-state index is -4.57. The Morgan fingerprint density at radius 1 is 1.29 bits per heavy atom. The van der Waals surface area contributed by atoms with Crippen LogP contribution in [0, 0.1) is 11.3 Å². The summed E-state index contributed by atoms with van der Waals surface area (Å²) in [4.78, 5) is 37.9. The number of fused-ring (bicyclic) bond motifs is 1. The molecule has 1 aliphatic heterocycles. The summed E-state index contributed by atoms with van der Waals surface area (Å²) in [6, 6.07) is 3.24. The van der Waals surface area contributed by atoms with Crippen molar-refractivity contribution in [1.82, 2.24) is 29.6 Å². The van der Waals surface area contributed by atoms with E-state index in [2.05, 4.69) is 20.1 Å². The molecule has 1 amide bonds. The molecular weight excluding hydrogens is 467 g/mol. The molecule has 0 unspecified atom stereocenters. The van der Waals surface area contributed by atoms with Gasteiger partial charge in [-0.05, 0) is 31.4 Å². The first-order valence-corrected chi connectivity index (χ1v) is 11.0. The lowest BCUT2D eigenvalue weighted by Crippen LogP contribution is -2.54. The number of nitriles is 1. The minimum Gasteiger partial charge on any atom is -0.370 e. The van der Waals surface area contributed by atoms with Gasteiger partial charge in [0.15, 0.2) is 11.3 Å². The molecule has 1 saturated heterocycles. The highest BCUT2D eigenvalue weighted by atomic mass is 19.4. The van der Waals surface area contributed by atoms with Crippen LogP contribution >= 0.6 is 0 Å². The lowest BCUT2D eigenvalue weighted by Gasteiger charge is -2.45. The van der Waals surface area contributed by atoms with E-state index in [1.54, 1.807) is 11.8 Å². The molecular formula is C22H20F3N7O3. The number of ether oxygens (including phenoxy) is 1. The third-order valence-electron chi connectivity index (χ3n) is 6.62. The summed E-state index contributed by atoms with van der Waals surface area (Å²) < 4.78 is 45.2. The number of morpholine rings is 1. The molecule has 13 heteroatoms. The van der Waals surface area contributed by atoms with E-state index in [1.165, 1.54) is 10.7 Å². The van der Waals surface area contributed by atoms with Gasteiger partial charge in [-0.15, -0.1) is 0 Å². The Morgan fingerprint density at radius 2 is 2.09 bits per heavy atom. The van der Waals surface area contributed by atoms with Crippen LogP contribution in [0.1, 0.15) is 54.5 Å². The van der Waals surface area contributed by atoms with Gasteiger partial charge in [0.2, 0.25) is 5.91 Å². The maximum absolute atomic E-state index is 13.0. The topological polar surface area (TPSA) is 130 Å². The van der Waals surface area contributed by atoms with Crippen molar-refractivity contribution >= 4 is 16.9 Å². The van der Waals surface area contributed by atoms with Crippen molar-refractivity contribution in [2.45, 2.75) is 43.9 Å². The fourth-order valence-corrected chi connectivity index (χ4v) is 4.60. The van der Waals surface area contributed by atoms with Crippen LogP contribution in [0.25, 0.3) is 11.0 Å². The quantitative estimate of drug-likeness (QED) is 0.597. The fourth-order valence-electron chi connectivity index (χ4n) is 4.60. The summed E-state index contributed by atoms with van der Waals surface area (Å²) >= 11 is 0. The zero-order valence-electron chi connectivity index (χ0n) is 18.5. The van der Waals surface area contributed by atoms with Crippen LogP contribution < -0.4 is 5.56 Å². The monoisotopic (exact) mass is 487 g/mol. The summed E-state index contributed by atoms with van der Waals surface area (Å²) in [5.74, 6) is 0.0575. The highest BCUT2D eigenvalue weighted by Crippen LogP contribution is 2.39. The number of hydrogen-bond donors (Lipinski definition) is 1. The van der Waals surface area contributed by atoms with E-state index in [4.69, 9.17) is 4.74 Å². The zero-order chi connectivity index (χ0) is 24.9. The number of rotatable bonds is 4. The van der Waals surface area contributed by atoms with Gasteiger partial charge in [0, 0.05) is 24.7 Å². The molecule has 3 atom stereocenters. The van der Waals surface area contributed by atoms with Crippen molar-refractivity contribution in [3.63, 3.8) is 0 Å². The molecule has 2 aliphatic rings. The predicted molar refractivity (Wildman–Crippen MR) is 114 cm³/mol. The van der Waals surface area contributed by atoms with Crippen molar-refractivity contribution in [3.05, 3.63) is 51.5 Å². The average molecular weight is 487 g/mol. The van der Waals surface area contributed by atoms with Crippen molar-refractivity contribution in [2.75, 3.05) is 19.8 Å². The minimum absolute atomic E-state index is 0.00120. The van der Waals surface area contributed by atoms with E-state index in [9.17, 15) is 28.0 Å². The molecule has 5 rings (SSSR count). The molecule has 35 heavy (non-hydrogen) atoms. The number of carbonyl (C=O) groups is 1. The van der Waals surface area contributed by atoms with Crippen LogP contribution in [0.4, 0.5) is 13.2 Å². The van der Waals surface area contributed by atoms with Crippen LogP contribution in [0.3, 0.4) is 0 Å². The second-order valence-electron chi connectivity index (χ2n) is 8.60. The SMILES string of the molecule is C[C@@H](c1ccc(C(F)(F)F)nc1)n1nc(C#N)c2c(=O)[nH]c([C@@H]3CC[C@H]3N3CCOCC3=O)nc21. The number of aromatic amines is 1. The molecule has 0 bridgehead atoms. The van der Waals surface area contributed by atoms with E-state index in [-0.39, 0.29) is 41.2 Å². The Kier molecular flexibility index (Phi) is 5.55. The molecule has 182 valence electrons. The van der Waals surface area contributed by atoms with Crippen LogP contribution in [0.15, 0.2) is 23.1 Å². The predicted octanol–water partition coefficient (Wildman–Crippen LogP) is 2.12. The summed E-state index contributed by atoms with van der Waals surface area (Å²) in [5, 5.41) is 13.8. The Morgan fingerprint density at radius 3 is 2.69 bits per heavy atom. The van der Waals surface area contributed by atoms with Crippen LogP contribution in [0.2, 0.25) is 0 Å². The standard InChI is InChI=1S/C22H20F3N7O3/c1-11(12-2-5-16(27-9-12)22(23,24)25)32-20-18(14(8-26)30-32)21(34)29-19(28-20)13-3-4-15(13)31-6-7-35-10-17(31)33/h2,5,9,11,13,15H,3-4,6-7,10H2,1H3,(H,28,29,34)/t11-,13+,15+/m0/s1. The number of halogens is 3. The third-order valence-corrected chi connectivity index (χ3v) is 6.62. The van der Waals surface area contributed by atoms with Gasteiger partial charge in [0.05, 0.1) is 12.6 Å². The Balaban J connectivity index is 1.54. The van der Waals surface area contributed by atoms with Gasteiger partial charge in [0.1, 0.15) is 29.6 Å². The fraction of sp³-hybridized carbons (Fsp3) is 0.455. The average Bonchev–Trinajstić information content (AvgIpc) is 3.18. The molecule has 10 nitrogen and oxygen atoms in total. The summed E-state index contributed by atoms with van der Waals surface area (Å²) in [7, 11) is 0. The van der Waals surface area contributed by atoms with Crippen molar-refractivity contribution in [2.24, 2.45) is 0 Å². The Hall–Kier alpha value is -3.79. The molecule has 0 spiro atoms. The van der Waals surface area contributed by atoms with Gasteiger partial charge in [-0.2, -0.15) is 23.5 Å². The first-order valence-electron chi connectivity index (χ1n) is 11.0.